The maximum Gasteiger partial charge on any atom is 0.338 e. The van der Waals surface area contributed by atoms with E-state index in [1.165, 1.54) is 12.3 Å². The van der Waals surface area contributed by atoms with Gasteiger partial charge in [-0.15, -0.1) is 0 Å². The van der Waals surface area contributed by atoms with Crippen molar-refractivity contribution in [3.8, 4) is 6.07 Å². The molecule has 0 saturated heterocycles. The SMILES string of the molecule is Cc1cccc(NS(=O)(=O)c2cncc(C#N)c2)c1C(=O)O. The van der Waals surface area contributed by atoms with E-state index in [9.17, 15) is 18.3 Å². The standard InChI is InChI=1S/C14H11N3O4S/c1-9-3-2-4-12(13(9)14(18)19)17-22(20,21)11-5-10(6-15)7-16-8-11/h2-5,7-8,17H,1H3,(H,18,19). The molecular formula is C14H11N3O4S. The second-order valence-electron chi connectivity index (χ2n) is 4.43. The fraction of sp³-hybridized carbons (Fsp3) is 0.0714. The lowest BCUT2D eigenvalue weighted by Crippen LogP contribution is -2.16. The molecule has 8 heteroatoms. The summed E-state index contributed by atoms with van der Waals surface area (Å²) in [4.78, 5) is 14.7. The van der Waals surface area contributed by atoms with E-state index >= 15 is 0 Å². The van der Waals surface area contributed by atoms with Crippen molar-refractivity contribution in [3.63, 3.8) is 0 Å². The number of carboxylic acid groups (broad SMARTS) is 1. The third kappa shape index (κ3) is 3.05. The van der Waals surface area contributed by atoms with Crippen LogP contribution in [0.25, 0.3) is 0 Å². The van der Waals surface area contributed by atoms with Crippen molar-refractivity contribution in [2.24, 2.45) is 0 Å². The van der Waals surface area contributed by atoms with Gasteiger partial charge in [-0.25, -0.2) is 13.2 Å². The lowest BCUT2D eigenvalue weighted by Gasteiger charge is -2.12. The van der Waals surface area contributed by atoms with Crippen LogP contribution in [-0.4, -0.2) is 24.5 Å². The Morgan fingerprint density at radius 2 is 2.09 bits per heavy atom. The van der Waals surface area contributed by atoms with Gasteiger partial charge in [-0.2, -0.15) is 5.26 Å². The first-order chi connectivity index (χ1) is 10.3. The Balaban J connectivity index is 2.48. The highest BCUT2D eigenvalue weighted by atomic mass is 32.2. The first-order valence-electron chi connectivity index (χ1n) is 6.06. The molecule has 0 unspecified atom stereocenters. The minimum Gasteiger partial charge on any atom is -0.478 e. The highest BCUT2D eigenvalue weighted by Gasteiger charge is 2.20. The molecule has 7 nitrogen and oxygen atoms in total. The monoisotopic (exact) mass is 317 g/mol. The Morgan fingerprint density at radius 3 is 2.73 bits per heavy atom. The molecular weight excluding hydrogens is 306 g/mol. The summed E-state index contributed by atoms with van der Waals surface area (Å²) >= 11 is 0. The third-order valence-corrected chi connectivity index (χ3v) is 4.22. The van der Waals surface area contributed by atoms with Crippen LogP contribution in [0.4, 0.5) is 5.69 Å². The summed E-state index contributed by atoms with van der Waals surface area (Å²) in [5.74, 6) is -1.24. The summed E-state index contributed by atoms with van der Waals surface area (Å²) < 4.78 is 26.8. The quantitative estimate of drug-likeness (QED) is 0.886. The van der Waals surface area contributed by atoms with E-state index in [2.05, 4.69) is 9.71 Å². The molecule has 0 atom stereocenters. The number of pyridine rings is 1. The van der Waals surface area contributed by atoms with Crippen LogP contribution < -0.4 is 4.72 Å². The molecule has 2 N–H and O–H groups in total. The minimum atomic E-state index is -4.05. The smallest absolute Gasteiger partial charge is 0.338 e. The van der Waals surface area contributed by atoms with Gasteiger partial charge in [-0.1, -0.05) is 12.1 Å². The molecule has 0 bridgehead atoms. The van der Waals surface area contributed by atoms with Crippen molar-refractivity contribution in [2.75, 3.05) is 4.72 Å². The molecule has 0 aliphatic carbocycles. The van der Waals surface area contributed by atoms with Crippen LogP contribution in [0.1, 0.15) is 21.5 Å². The first kappa shape index (κ1) is 15.5. The number of benzene rings is 1. The number of carbonyl (C=O) groups is 1. The molecule has 0 radical (unpaired) electrons. The van der Waals surface area contributed by atoms with Crippen LogP contribution >= 0.6 is 0 Å². The maximum absolute atomic E-state index is 12.3. The van der Waals surface area contributed by atoms with Crippen molar-refractivity contribution in [3.05, 3.63) is 53.3 Å². The Labute approximate surface area is 126 Å². The molecule has 1 heterocycles. The Hall–Kier alpha value is -2.92. The number of carboxylic acids is 1. The molecule has 0 saturated carbocycles. The summed E-state index contributed by atoms with van der Waals surface area (Å²) in [7, 11) is -4.05. The van der Waals surface area contributed by atoms with E-state index in [4.69, 9.17) is 5.26 Å². The lowest BCUT2D eigenvalue weighted by molar-refractivity contribution is 0.0697. The minimum absolute atomic E-state index is 0.0464. The van der Waals surface area contributed by atoms with Crippen LogP contribution in [0.15, 0.2) is 41.6 Å². The number of sulfonamides is 1. The first-order valence-corrected chi connectivity index (χ1v) is 7.54. The number of nitrogens with one attached hydrogen (secondary N) is 1. The molecule has 0 fully saturated rings. The van der Waals surface area contributed by atoms with Gasteiger partial charge in [0, 0.05) is 12.4 Å². The van der Waals surface area contributed by atoms with E-state index in [-0.39, 0.29) is 21.7 Å². The fourth-order valence-corrected chi connectivity index (χ4v) is 2.93. The summed E-state index contributed by atoms with van der Waals surface area (Å²) in [6.45, 7) is 1.57. The van der Waals surface area contributed by atoms with Gasteiger partial charge in [0.05, 0.1) is 16.8 Å². The largest absolute Gasteiger partial charge is 0.478 e. The van der Waals surface area contributed by atoms with Gasteiger partial charge in [-0.3, -0.25) is 9.71 Å². The van der Waals surface area contributed by atoms with Crippen molar-refractivity contribution >= 4 is 21.7 Å². The van der Waals surface area contributed by atoms with E-state index in [0.29, 0.717) is 5.56 Å². The number of aromatic nitrogens is 1. The molecule has 0 aliphatic heterocycles. The molecule has 1 aromatic carbocycles. The van der Waals surface area contributed by atoms with E-state index in [1.54, 1.807) is 25.1 Å². The average Bonchev–Trinajstić information content (AvgIpc) is 2.46. The van der Waals surface area contributed by atoms with Crippen molar-refractivity contribution in [2.45, 2.75) is 11.8 Å². The molecule has 0 amide bonds. The van der Waals surface area contributed by atoms with Crippen LogP contribution in [0.2, 0.25) is 0 Å². The number of hydrogen-bond acceptors (Lipinski definition) is 5. The topological polar surface area (TPSA) is 120 Å². The fourth-order valence-electron chi connectivity index (χ4n) is 1.87. The third-order valence-electron chi connectivity index (χ3n) is 2.88. The Morgan fingerprint density at radius 1 is 1.36 bits per heavy atom. The van der Waals surface area contributed by atoms with Gasteiger partial charge < -0.3 is 5.11 Å². The average molecular weight is 317 g/mol. The lowest BCUT2D eigenvalue weighted by atomic mass is 10.1. The van der Waals surface area contributed by atoms with Crippen molar-refractivity contribution in [1.29, 1.82) is 5.26 Å². The van der Waals surface area contributed by atoms with E-state index < -0.39 is 16.0 Å². The van der Waals surface area contributed by atoms with Crippen LogP contribution in [0.3, 0.4) is 0 Å². The summed E-state index contributed by atoms with van der Waals surface area (Å²) in [6, 6.07) is 7.42. The van der Waals surface area contributed by atoms with E-state index in [1.807, 2.05) is 0 Å². The molecule has 0 spiro atoms. The summed E-state index contributed by atoms with van der Waals surface area (Å²) in [5, 5.41) is 18.0. The van der Waals surface area contributed by atoms with Gasteiger partial charge in [-0.05, 0) is 24.6 Å². The Kier molecular flexibility index (Phi) is 4.10. The predicted octanol–water partition coefficient (Wildman–Crippen LogP) is 1.76. The second-order valence-corrected chi connectivity index (χ2v) is 6.11. The zero-order valence-electron chi connectivity index (χ0n) is 11.4. The van der Waals surface area contributed by atoms with Crippen molar-refractivity contribution in [1.82, 2.24) is 4.98 Å². The number of aryl methyl sites for hydroxylation is 1. The van der Waals surface area contributed by atoms with Crippen LogP contribution in [0, 0.1) is 18.3 Å². The maximum atomic E-state index is 12.3. The van der Waals surface area contributed by atoms with Gasteiger partial charge in [0.25, 0.3) is 10.0 Å². The van der Waals surface area contributed by atoms with E-state index in [0.717, 1.165) is 12.3 Å². The molecule has 2 rings (SSSR count). The normalized spacial score (nSPS) is 10.7. The zero-order valence-corrected chi connectivity index (χ0v) is 12.3. The van der Waals surface area contributed by atoms with Crippen LogP contribution in [-0.2, 0) is 10.0 Å². The molecule has 2 aromatic rings. The van der Waals surface area contributed by atoms with Crippen LogP contribution in [0.5, 0.6) is 0 Å². The second kappa shape index (κ2) is 5.83. The molecule has 112 valence electrons. The van der Waals surface area contributed by atoms with Gasteiger partial charge in [0.2, 0.25) is 0 Å². The summed E-state index contributed by atoms with van der Waals surface area (Å²) in [6.07, 6.45) is 2.31. The number of anilines is 1. The van der Waals surface area contributed by atoms with Crippen molar-refractivity contribution < 1.29 is 18.3 Å². The number of rotatable bonds is 4. The number of nitriles is 1. The van der Waals surface area contributed by atoms with Gasteiger partial charge in [0.15, 0.2) is 0 Å². The van der Waals surface area contributed by atoms with Gasteiger partial charge >= 0.3 is 5.97 Å². The Bertz CT molecular complexity index is 885. The highest BCUT2D eigenvalue weighted by molar-refractivity contribution is 7.92. The predicted molar refractivity (Wildman–Crippen MR) is 77.9 cm³/mol. The molecule has 0 aliphatic rings. The molecule has 1 aromatic heterocycles. The summed E-state index contributed by atoms with van der Waals surface area (Å²) in [5.41, 5.74) is 0.340. The number of nitrogens with zero attached hydrogens (tertiary/aromatic N) is 2. The number of aromatic carboxylic acids is 1. The zero-order chi connectivity index (χ0) is 16.3. The van der Waals surface area contributed by atoms with Gasteiger partial charge in [0.1, 0.15) is 11.0 Å². The molecule has 22 heavy (non-hydrogen) atoms. The highest BCUT2D eigenvalue weighted by Crippen LogP contribution is 2.23. The number of hydrogen-bond donors (Lipinski definition) is 2.